The third kappa shape index (κ3) is 7.77. The Morgan fingerprint density at radius 2 is 1.65 bits per heavy atom. The van der Waals surface area contributed by atoms with Crippen LogP contribution in [0.3, 0.4) is 0 Å². The molecule has 186 valence electrons. The molecule has 1 unspecified atom stereocenters. The van der Waals surface area contributed by atoms with Crippen molar-refractivity contribution in [3.05, 3.63) is 63.1 Å². The van der Waals surface area contributed by atoms with Gasteiger partial charge >= 0.3 is 0 Å². The number of sulfonamides is 1. The first-order chi connectivity index (χ1) is 15.8. The van der Waals surface area contributed by atoms with E-state index >= 15 is 0 Å². The first-order valence-electron chi connectivity index (χ1n) is 10.5. The summed E-state index contributed by atoms with van der Waals surface area (Å²) >= 11 is 18.5. The lowest BCUT2D eigenvalue weighted by atomic mass is 10.1. The molecule has 0 spiro atoms. The highest BCUT2D eigenvalue weighted by Crippen LogP contribution is 2.30. The van der Waals surface area contributed by atoms with Gasteiger partial charge in [-0.25, -0.2) is 8.42 Å². The van der Waals surface area contributed by atoms with Crippen molar-refractivity contribution in [1.82, 2.24) is 10.2 Å². The zero-order valence-corrected chi connectivity index (χ0v) is 22.5. The summed E-state index contributed by atoms with van der Waals surface area (Å²) < 4.78 is 26.1. The Kier molecular flexibility index (Phi) is 10.1. The number of anilines is 1. The van der Waals surface area contributed by atoms with Crippen LogP contribution in [0.5, 0.6) is 0 Å². The number of rotatable bonds is 10. The van der Waals surface area contributed by atoms with Crippen LogP contribution < -0.4 is 9.62 Å². The van der Waals surface area contributed by atoms with Crippen molar-refractivity contribution in [1.29, 1.82) is 0 Å². The largest absolute Gasteiger partial charge is 0.354 e. The van der Waals surface area contributed by atoms with E-state index in [9.17, 15) is 18.0 Å². The molecular weight excluding hydrogens is 521 g/mol. The van der Waals surface area contributed by atoms with E-state index in [0.29, 0.717) is 22.2 Å². The average molecular weight is 549 g/mol. The molecule has 34 heavy (non-hydrogen) atoms. The fourth-order valence-corrected chi connectivity index (χ4v) is 4.74. The molecule has 2 aromatic rings. The highest BCUT2D eigenvalue weighted by Gasteiger charge is 2.31. The topological polar surface area (TPSA) is 86.8 Å². The fraction of sp³-hybridized carbons (Fsp3) is 0.391. The summed E-state index contributed by atoms with van der Waals surface area (Å²) in [5.41, 5.74) is 0.730. The molecule has 11 heteroatoms. The lowest BCUT2D eigenvalue weighted by Crippen LogP contribution is -2.51. The maximum Gasteiger partial charge on any atom is 0.244 e. The lowest BCUT2D eigenvalue weighted by molar-refractivity contribution is -0.139. The van der Waals surface area contributed by atoms with E-state index in [-0.39, 0.29) is 29.1 Å². The van der Waals surface area contributed by atoms with Gasteiger partial charge in [-0.1, -0.05) is 66.8 Å². The van der Waals surface area contributed by atoms with Gasteiger partial charge in [-0.15, -0.1) is 0 Å². The maximum absolute atomic E-state index is 13.5. The molecule has 1 atom stereocenters. The van der Waals surface area contributed by atoms with Gasteiger partial charge in [0.25, 0.3) is 0 Å². The van der Waals surface area contributed by atoms with Gasteiger partial charge in [0.1, 0.15) is 12.6 Å². The second-order valence-corrected chi connectivity index (χ2v) is 11.5. The van der Waals surface area contributed by atoms with Crippen LogP contribution in [0, 0.1) is 5.92 Å². The van der Waals surface area contributed by atoms with E-state index < -0.39 is 28.5 Å². The molecule has 2 aromatic carbocycles. The minimum absolute atomic E-state index is 0.0146. The summed E-state index contributed by atoms with van der Waals surface area (Å²) in [4.78, 5) is 27.6. The Bertz CT molecular complexity index is 1140. The quantitative estimate of drug-likeness (QED) is 0.470. The summed E-state index contributed by atoms with van der Waals surface area (Å²) in [5, 5.41) is 3.64. The second kappa shape index (κ2) is 12.1. The summed E-state index contributed by atoms with van der Waals surface area (Å²) in [6.45, 7) is 5.39. The third-order valence-corrected chi connectivity index (χ3v) is 7.04. The molecular formula is C23H28Cl3N3O4S. The predicted molar refractivity (Wildman–Crippen MR) is 138 cm³/mol. The summed E-state index contributed by atoms with van der Waals surface area (Å²) in [5.74, 6) is -0.732. The first kappa shape index (κ1) is 28.2. The average Bonchev–Trinajstić information content (AvgIpc) is 2.74. The van der Waals surface area contributed by atoms with E-state index in [1.807, 2.05) is 13.8 Å². The maximum atomic E-state index is 13.5. The second-order valence-electron chi connectivity index (χ2n) is 8.29. The molecule has 0 aliphatic rings. The van der Waals surface area contributed by atoms with Crippen LogP contribution in [0.2, 0.25) is 15.1 Å². The zero-order chi connectivity index (χ0) is 25.6. The van der Waals surface area contributed by atoms with Gasteiger partial charge in [0.15, 0.2) is 0 Å². The van der Waals surface area contributed by atoms with Gasteiger partial charge in [-0.2, -0.15) is 0 Å². The van der Waals surface area contributed by atoms with Crippen molar-refractivity contribution in [2.75, 3.05) is 23.7 Å². The van der Waals surface area contributed by atoms with Crippen LogP contribution in [-0.2, 0) is 26.2 Å². The standard InChI is InChI=1S/C23H28Cl3N3O4S/c1-15(2)12-27-23(31)16(3)28(13-17-7-5-6-8-19(17)25)22(30)14-29(34(4,32)33)21-10-9-18(24)11-20(21)26/h5-11,15-16H,12-14H2,1-4H3,(H,27,31). The van der Waals surface area contributed by atoms with Crippen LogP contribution >= 0.6 is 34.8 Å². The van der Waals surface area contributed by atoms with Crippen molar-refractivity contribution in [2.24, 2.45) is 5.92 Å². The Labute approximate surface area is 216 Å². The number of carbonyl (C=O) groups is 2. The summed E-state index contributed by atoms with van der Waals surface area (Å²) in [6.07, 6.45) is 0.975. The van der Waals surface area contributed by atoms with Crippen molar-refractivity contribution in [2.45, 2.75) is 33.4 Å². The number of halogens is 3. The molecule has 0 saturated carbocycles. The molecule has 0 saturated heterocycles. The van der Waals surface area contributed by atoms with E-state index in [1.54, 1.807) is 31.2 Å². The van der Waals surface area contributed by atoms with Crippen LogP contribution in [-0.4, -0.2) is 50.5 Å². The molecule has 7 nitrogen and oxygen atoms in total. The van der Waals surface area contributed by atoms with Crippen molar-refractivity contribution in [3.63, 3.8) is 0 Å². The minimum Gasteiger partial charge on any atom is -0.354 e. The summed E-state index contributed by atoms with van der Waals surface area (Å²) in [6, 6.07) is 10.4. The van der Waals surface area contributed by atoms with Gasteiger partial charge in [0.2, 0.25) is 21.8 Å². The number of hydrogen-bond donors (Lipinski definition) is 1. The highest BCUT2D eigenvalue weighted by molar-refractivity contribution is 7.92. The normalized spacial score (nSPS) is 12.4. The van der Waals surface area contributed by atoms with Crippen LogP contribution in [0.15, 0.2) is 42.5 Å². The molecule has 0 aromatic heterocycles. The monoisotopic (exact) mass is 547 g/mol. The molecule has 1 N–H and O–H groups in total. The van der Waals surface area contributed by atoms with Gasteiger partial charge in [-0.05, 0) is 42.7 Å². The minimum atomic E-state index is -3.90. The molecule has 0 heterocycles. The van der Waals surface area contributed by atoms with Crippen LogP contribution in [0.4, 0.5) is 5.69 Å². The number of amides is 2. The van der Waals surface area contributed by atoms with Gasteiger partial charge in [0, 0.05) is 23.1 Å². The molecule has 2 amide bonds. The number of benzene rings is 2. The molecule has 0 radical (unpaired) electrons. The first-order valence-corrected chi connectivity index (χ1v) is 13.5. The van der Waals surface area contributed by atoms with Crippen LogP contribution in [0.1, 0.15) is 26.3 Å². The van der Waals surface area contributed by atoms with Gasteiger partial charge in [0.05, 0.1) is 17.0 Å². The Morgan fingerprint density at radius 3 is 2.21 bits per heavy atom. The van der Waals surface area contributed by atoms with Crippen molar-refractivity contribution in [3.8, 4) is 0 Å². The van der Waals surface area contributed by atoms with E-state index in [0.717, 1.165) is 10.6 Å². The molecule has 0 fully saturated rings. The zero-order valence-electron chi connectivity index (χ0n) is 19.4. The Morgan fingerprint density at radius 1 is 1.00 bits per heavy atom. The molecule has 2 rings (SSSR count). The lowest BCUT2D eigenvalue weighted by Gasteiger charge is -2.32. The number of nitrogens with zero attached hydrogens (tertiary/aromatic N) is 2. The fourth-order valence-electron chi connectivity index (χ4n) is 3.12. The van der Waals surface area contributed by atoms with Gasteiger partial charge < -0.3 is 10.2 Å². The Hall–Kier alpha value is -2.00. The van der Waals surface area contributed by atoms with Crippen molar-refractivity contribution >= 4 is 62.3 Å². The van der Waals surface area contributed by atoms with E-state index in [4.69, 9.17) is 34.8 Å². The molecule has 0 aliphatic carbocycles. The Balaban J connectivity index is 2.41. The highest BCUT2D eigenvalue weighted by atomic mass is 35.5. The number of carbonyl (C=O) groups excluding carboxylic acids is 2. The van der Waals surface area contributed by atoms with E-state index in [1.165, 1.54) is 23.1 Å². The smallest absolute Gasteiger partial charge is 0.244 e. The SMILES string of the molecule is CC(C)CNC(=O)C(C)N(Cc1ccccc1Cl)C(=O)CN(c1ccc(Cl)cc1Cl)S(C)(=O)=O. The van der Waals surface area contributed by atoms with Crippen molar-refractivity contribution < 1.29 is 18.0 Å². The summed E-state index contributed by atoms with van der Waals surface area (Å²) in [7, 11) is -3.90. The number of nitrogens with one attached hydrogen (secondary N) is 1. The van der Waals surface area contributed by atoms with Gasteiger partial charge in [-0.3, -0.25) is 13.9 Å². The molecule has 0 aliphatic heterocycles. The predicted octanol–water partition coefficient (Wildman–Crippen LogP) is 4.60. The third-order valence-electron chi connectivity index (χ3n) is 5.01. The molecule has 0 bridgehead atoms. The van der Waals surface area contributed by atoms with E-state index in [2.05, 4.69) is 5.32 Å². The number of hydrogen-bond acceptors (Lipinski definition) is 4. The van der Waals surface area contributed by atoms with Crippen LogP contribution in [0.25, 0.3) is 0 Å².